The molecular weight excluding hydrogens is 444 g/mol. The van der Waals surface area contributed by atoms with Gasteiger partial charge in [-0.25, -0.2) is 9.48 Å². The SMILES string of the molecule is Cc1ccc(-c2nn(-c3ccccc3)cc2C(=O)OCC(=O)Nc2ccc(C(N)=O)cc2)c(C)c1. The van der Waals surface area contributed by atoms with E-state index in [9.17, 15) is 14.4 Å². The number of carbonyl (C=O) groups is 3. The third-order valence-electron chi connectivity index (χ3n) is 5.38. The highest BCUT2D eigenvalue weighted by Crippen LogP contribution is 2.28. The van der Waals surface area contributed by atoms with Crippen molar-refractivity contribution in [1.29, 1.82) is 0 Å². The van der Waals surface area contributed by atoms with Crippen LogP contribution in [0.2, 0.25) is 0 Å². The third-order valence-corrected chi connectivity index (χ3v) is 5.38. The van der Waals surface area contributed by atoms with Crippen LogP contribution < -0.4 is 11.1 Å². The van der Waals surface area contributed by atoms with E-state index in [1.54, 1.807) is 23.0 Å². The number of hydrogen-bond acceptors (Lipinski definition) is 5. The topological polar surface area (TPSA) is 116 Å². The maximum absolute atomic E-state index is 13.0. The van der Waals surface area contributed by atoms with E-state index in [0.717, 1.165) is 22.4 Å². The van der Waals surface area contributed by atoms with Crippen molar-refractivity contribution in [1.82, 2.24) is 9.78 Å². The molecule has 35 heavy (non-hydrogen) atoms. The zero-order chi connectivity index (χ0) is 24.9. The number of anilines is 1. The molecule has 0 saturated heterocycles. The van der Waals surface area contributed by atoms with Gasteiger partial charge >= 0.3 is 5.97 Å². The molecule has 0 spiro atoms. The molecule has 0 unspecified atom stereocenters. The number of ether oxygens (including phenoxy) is 1. The Hall–Kier alpha value is -4.72. The first kappa shape index (κ1) is 23.4. The number of aromatic nitrogens is 2. The van der Waals surface area contributed by atoms with Gasteiger partial charge in [-0.15, -0.1) is 0 Å². The van der Waals surface area contributed by atoms with Gasteiger partial charge in [-0.2, -0.15) is 5.10 Å². The van der Waals surface area contributed by atoms with Crippen molar-refractivity contribution in [3.05, 3.63) is 101 Å². The van der Waals surface area contributed by atoms with E-state index in [4.69, 9.17) is 10.5 Å². The van der Waals surface area contributed by atoms with Crippen LogP contribution in [0, 0.1) is 13.8 Å². The fraction of sp³-hybridized carbons (Fsp3) is 0.111. The largest absolute Gasteiger partial charge is 0.452 e. The van der Waals surface area contributed by atoms with Crippen molar-refractivity contribution in [3.63, 3.8) is 0 Å². The van der Waals surface area contributed by atoms with Gasteiger partial charge in [0.25, 0.3) is 5.91 Å². The lowest BCUT2D eigenvalue weighted by atomic mass is 10.0. The molecule has 2 amide bonds. The number of hydrogen-bond donors (Lipinski definition) is 2. The molecule has 3 N–H and O–H groups in total. The van der Waals surface area contributed by atoms with E-state index >= 15 is 0 Å². The van der Waals surface area contributed by atoms with E-state index in [1.165, 1.54) is 12.1 Å². The zero-order valence-corrected chi connectivity index (χ0v) is 19.3. The van der Waals surface area contributed by atoms with Gasteiger partial charge in [-0.1, -0.05) is 42.0 Å². The summed E-state index contributed by atoms with van der Waals surface area (Å²) in [6, 6.07) is 21.4. The number of nitrogens with zero attached hydrogens (tertiary/aromatic N) is 2. The second kappa shape index (κ2) is 10.0. The minimum atomic E-state index is -0.665. The van der Waals surface area contributed by atoms with E-state index < -0.39 is 24.4 Å². The van der Waals surface area contributed by atoms with Gasteiger partial charge in [0, 0.05) is 23.0 Å². The number of nitrogens with one attached hydrogen (secondary N) is 1. The number of rotatable bonds is 7. The van der Waals surface area contributed by atoms with Crippen LogP contribution in [0.4, 0.5) is 5.69 Å². The lowest BCUT2D eigenvalue weighted by Gasteiger charge is -2.08. The Labute approximate surface area is 202 Å². The van der Waals surface area contributed by atoms with Crippen molar-refractivity contribution >= 4 is 23.5 Å². The van der Waals surface area contributed by atoms with Crippen LogP contribution in [-0.2, 0) is 9.53 Å². The molecule has 176 valence electrons. The highest BCUT2D eigenvalue weighted by molar-refractivity contribution is 5.99. The van der Waals surface area contributed by atoms with E-state index in [0.29, 0.717) is 16.9 Å². The fourth-order valence-electron chi connectivity index (χ4n) is 3.64. The minimum Gasteiger partial charge on any atom is -0.452 e. The summed E-state index contributed by atoms with van der Waals surface area (Å²) in [5, 5.41) is 7.28. The number of primary amides is 1. The minimum absolute atomic E-state index is 0.249. The Bertz CT molecular complexity index is 1390. The van der Waals surface area contributed by atoms with Gasteiger partial charge in [-0.3, -0.25) is 9.59 Å². The van der Waals surface area contributed by atoms with Gasteiger partial charge in [0.15, 0.2) is 6.61 Å². The van der Waals surface area contributed by atoms with Crippen LogP contribution in [0.25, 0.3) is 16.9 Å². The highest BCUT2D eigenvalue weighted by atomic mass is 16.5. The first-order valence-corrected chi connectivity index (χ1v) is 10.9. The van der Waals surface area contributed by atoms with Gasteiger partial charge in [0.1, 0.15) is 11.3 Å². The molecule has 0 aliphatic carbocycles. The average molecular weight is 469 g/mol. The van der Waals surface area contributed by atoms with Crippen molar-refractivity contribution < 1.29 is 19.1 Å². The number of esters is 1. The van der Waals surface area contributed by atoms with Crippen LogP contribution in [0.5, 0.6) is 0 Å². The van der Waals surface area contributed by atoms with Crippen molar-refractivity contribution in [3.8, 4) is 16.9 Å². The monoisotopic (exact) mass is 468 g/mol. The molecule has 0 bridgehead atoms. The number of para-hydroxylation sites is 1. The molecule has 0 aliphatic rings. The third kappa shape index (κ3) is 5.44. The van der Waals surface area contributed by atoms with Crippen LogP contribution in [0.3, 0.4) is 0 Å². The van der Waals surface area contributed by atoms with E-state index in [-0.39, 0.29) is 5.56 Å². The second-order valence-corrected chi connectivity index (χ2v) is 8.06. The van der Waals surface area contributed by atoms with Gasteiger partial charge < -0.3 is 15.8 Å². The van der Waals surface area contributed by atoms with Crippen LogP contribution in [-0.4, -0.2) is 34.2 Å². The predicted molar refractivity (Wildman–Crippen MR) is 132 cm³/mol. The lowest BCUT2D eigenvalue weighted by molar-refractivity contribution is -0.119. The number of aryl methyl sites for hydroxylation is 2. The van der Waals surface area contributed by atoms with Gasteiger partial charge in [0.05, 0.1) is 5.69 Å². The standard InChI is InChI=1S/C27H24N4O4/c1-17-8-13-22(18(2)14-17)25-23(15-31(30-25)21-6-4-3-5-7-21)27(34)35-16-24(32)29-20-11-9-19(10-12-20)26(28)33/h3-15H,16H2,1-2H3,(H2,28,33)(H,29,32). The summed E-state index contributed by atoms with van der Waals surface area (Å²) in [6.07, 6.45) is 1.60. The number of benzene rings is 3. The summed E-state index contributed by atoms with van der Waals surface area (Å²) in [5.74, 6) is -1.75. The molecule has 8 heteroatoms. The molecule has 0 saturated carbocycles. The first-order valence-electron chi connectivity index (χ1n) is 10.9. The lowest BCUT2D eigenvalue weighted by Crippen LogP contribution is -2.21. The molecule has 3 aromatic carbocycles. The molecule has 8 nitrogen and oxygen atoms in total. The number of nitrogens with two attached hydrogens (primary N) is 1. The van der Waals surface area contributed by atoms with E-state index in [2.05, 4.69) is 10.4 Å². The van der Waals surface area contributed by atoms with Gasteiger partial charge in [-0.05, 0) is 55.8 Å². The molecule has 0 radical (unpaired) electrons. The van der Waals surface area contributed by atoms with Crippen LogP contribution in [0.15, 0.2) is 79.0 Å². The van der Waals surface area contributed by atoms with Crippen LogP contribution >= 0.6 is 0 Å². The van der Waals surface area contributed by atoms with Gasteiger partial charge in [0.2, 0.25) is 5.91 Å². The van der Waals surface area contributed by atoms with Crippen molar-refractivity contribution in [2.45, 2.75) is 13.8 Å². The Morgan fingerprint density at radius 3 is 2.34 bits per heavy atom. The Morgan fingerprint density at radius 1 is 0.971 bits per heavy atom. The molecule has 0 aliphatic heterocycles. The molecule has 1 heterocycles. The molecule has 4 aromatic rings. The Morgan fingerprint density at radius 2 is 1.69 bits per heavy atom. The Kier molecular flexibility index (Phi) is 6.73. The number of carbonyl (C=O) groups excluding carboxylic acids is 3. The quantitative estimate of drug-likeness (QED) is 0.397. The predicted octanol–water partition coefficient (Wildman–Crippen LogP) is 4.05. The molecule has 4 rings (SSSR count). The van der Waals surface area contributed by atoms with Crippen molar-refractivity contribution in [2.75, 3.05) is 11.9 Å². The zero-order valence-electron chi connectivity index (χ0n) is 19.3. The average Bonchev–Trinajstić information content (AvgIpc) is 3.29. The summed E-state index contributed by atoms with van der Waals surface area (Å²) < 4.78 is 6.94. The first-order chi connectivity index (χ1) is 16.8. The van der Waals surface area contributed by atoms with Crippen LogP contribution in [0.1, 0.15) is 31.8 Å². The second-order valence-electron chi connectivity index (χ2n) is 8.06. The summed E-state index contributed by atoms with van der Waals surface area (Å²) in [4.78, 5) is 36.5. The fourth-order valence-corrected chi connectivity index (χ4v) is 3.64. The molecule has 1 aromatic heterocycles. The Balaban J connectivity index is 1.54. The normalized spacial score (nSPS) is 10.6. The van der Waals surface area contributed by atoms with E-state index in [1.807, 2.05) is 62.4 Å². The summed E-state index contributed by atoms with van der Waals surface area (Å²) in [7, 11) is 0. The van der Waals surface area contributed by atoms with Crippen molar-refractivity contribution in [2.24, 2.45) is 5.73 Å². The maximum Gasteiger partial charge on any atom is 0.342 e. The summed E-state index contributed by atoms with van der Waals surface area (Å²) in [6.45, 7) is 3.46. The summed E-state index contributed by atoms with van der Waals surface area (Å²) >= 11 is 0. The maximum atomic E-state index is 13.0. The molecular formula is C27H24N4O4. The smallest absolute Gasteiger partial charge is 0.342 e. The molecule has 0 atom stereocenters. The molecule has 0 fully saturated rings. The summed E-state index contributed by atoms with van der Waals surface area (Å²) in [5.41, 5.74) is 10.4. The highest BCUT2D eigenvalue weighted by Gasteiger charge is 2.22. The number of amides is 2.